The number of aromatic nitrogens is 4. The molecule has 1 aromatic carbocycles. The fourth-order valence-electron chi connectivity index (χ4n) is 4.13. The normalized spacial score (nSPS) is 18.9. The molecule has 0 spiro atoms. The summed E-state index contributed by atoms with van der Waals surface area (Å²) in [4.78, 5) is 25.3. The SMILES string of the molecule is C[C@@H](CO)Nc1ncc2nc(Nc3ccc(C#N)c(Cl)c3Cl)n([C@H]3CC[C@@H](C(N)=O)CC3)c2n1. The van der Waals surface area contributed by atoms with E-state index in [0.29, 0.717) is 41.6 Å². The van der Waals surface area contributed by atoms with E-state index in [1.807, 2.05) is 17.6 Å². The molecule has 1 atom stereocenters. The van der Waals surface area contributed by atoms with Crippen LogP contribution in [0.25, 0.3) is 11.2 Å². The molecule has 4 rings (SSSR count). The predicted molar refractivity (Wildman–Crippen MR) is 130 cm³/mol. The molecule has 3 aromatic rings. The van der Waals surface area contributed by atoms with Gasteiger partial charge in [-0.05, 0) is 44.7 Å². The Morgan fingerprint density at radius 3 is 2.68 bits per heavy atom. The summed E-state index contributed by atoms with van der Waals surface area (Å²) in [5, 5.41) is 25.2. The van der Waals surface area contributed by atoms with Crippen molar-refractivity contribution in [1.82, 2.24) is 19.5 Å². The van der Waals surface area contributed by atoms with E-state index in [2.05, 4.69) is 25.6 Å². The lowest BCUT2D eigenvalue weighted by Gasteiger charge is -2.29. The second-order valence-corrected chi connectivity index (χ2v) is 9.13. The molecule has 1 aliphatic carbocycles. The van der Waals surface area contributed by atoms with E-state index in [1.54, 1.807) is 18.3 Å². The molecule has 1 saturated carbocycles. The summed E-state index contributed by atoms with van der Waals surface area (Å²) in [5.74, 6) is 0.429. The molecule has 0 saturated heterocycles. The van der Waals surface area contributed by atoms with Gasteiger partial charge in [0.1, 0.15) is 11.6 Å². The number of carbonyl (C=O) groups is 1. The Kier molecular flexibility index (Phi) is 7.07. The number of amides is 1. The van der Waals surface area contributed by atoms with Gasteiger partial charge in [0.15, 0.2) is 5.65 Å². The average Bonchev–Trinajstić information content (AvgIpc) is 3.19. The van der Waals surface area contributed by atoms with Crippen LogP contribution >= 0.6 is 23.2 Å². The minimum absolute atomic E-state index is 0.00810. The van der Waals surface area contributed by atoms with E-state index in [4.69, 9.17) is 28.9 Å². The maximum Gasteiger partial charge on any atom is 0.225 e. The lowest BCUT2D eigenvalue weighted by molar-refractivity contribution is -0.122. The monoisotopic (exact) mass is 502 g/mol. The summed E-state index contributed by atoms with van der Waals surface area (Å²) in [6.45, 7) is 1.75. The Morgan fingerprint density at radius 2 is 2.03 bits per heavy atom. The van der Waals surface area contributed by atoms with E-state index < -0.39 is 0 Å². The van der Waals surface area contributed by atoms with Gasteiger partial charge < -0.3 is 21.5 Å². The van der Waals surface area contributed by atoms with Crippen molar-refractivity contribution in [3.63, 3.8) is 0 Å². The van der Waals surface area contributed by atoms with Crippen LogP contribution in [0.4, 0.5) is 17.6 Å². The predicted octanol–water partition coefficient (Wildman–Crippen LogP) is 3.76. The number of hydrogen-bond acceptors (Lipinski definition) is 8. The van der Waals surface area contributed by atoms with Crippen LogP contribution in [0.2, 0.25) is 10.0 Å². The van der Waals surface area contributed by atoms with Crippen LogP contribution in [0.15, 0.2) is 18.3 Å². The zero-order valence-corrected chi connectivity index (χ0v) is 19.9. The molecule has 34 heavy (non-hydrogen) atoms. The van der Waals surface area contributed by atoms with Crippen molar-refractivity contribution in [3.8, 4) is 6.07 Å². The highest BCUT2D eigenvalue weighted by Gasteiger charge is 2.29. The van der Waals surface area contributed by atoms with Crippen LogP contribution in [-0.2, 0) is 4.79 Å². The van der Waals surface area contributed by atoms with Gasteiger partial charge >= 0.3 is 0 Å². The fraction of sp³-hybridized carbons (Fsp3) is 0.409. The molecule has 1 aliphatic rings. The number of carbonyl (C=O) groups excluding carboxylic acids is 1. The van der Waals surface area contributed by atoms with Crippen molar-refractivity contribution >= 4 is 57.9 Å². The fourth-order valence-corrected chi connectivity index (χ4v) is 4.55. The highest BCUT2D eigenvalue weighted by molar-refractivity contribution is 6.44. The molecule has 0 radical (unpaired) electrons. The van der Waals surface area contributed by atoms with E-state index in [9.17, 15) is 15.2 Å². The Labute approximate surface area is 206 Å². The number of aliphatic hydroxyl groups is 1. The second-order valence-electron chi connectivity index (χ2n) is 8.37. The Bertz CT molecular complexity index is 1260. The van der Waals surface area contributed by atoms with Crippen molar-refractivity contribution in [3.05, 3.63) is 33.9 Å². The molecular weight excluding hydrogens is 479 g/mol. The summed E-state index contributed by atoms with van der Waals surface area (Å²) in [6.07, 6.45) is 4.38. The molecule has 1 fully saturated rings. The molecule has 5 N–H and O–H groups in total. The first-order valence-corrected chi connectivity index (χ1v) is 11.6. The number of hydrogen-bond donors (Lipinski definition) is 4. The van der Waals surface area contributed by atoms with Crippen molar-refractivity contribution in [2.45, 2.75) is 44.7 Å². The van der Waals surface area contributed by atoms with Crippen molar-refractivity contribution in [2.75, 3.05) is 17.2 Å². The number of anilines is 3. The van der Waals surface area contributed by atoms with Crippen LogP contribution in [0.3, 0.4) is 0 Å². The first-order valence-electron chi connectivity index (χ1n) is 10.9. The summed E-state index contributed by atoms with van der Waals surface area (Å²) in [6, 6.07) is 5.04. The van der Waals surface area contributed by atoms with E-state index in [-0.39, 0.29) is 46.1 Å². The molecule has 12 heteroatoms. The number of nitrogens with zero attached hydrogens (tertiary/aromatic N) is 5. The molecule has 0 aliphatic heterocycles. The number of aliphatic hydroxyl groups excluding tert-OH is 1. The number of nitriles is 1. The van der Waals surface area contributed by atoms with Gasteiger partial charge in [-0.3, -0.25) is 9.36 Å². The van der Waals surface area contributed by atoms with Crippen LogP contribution in [0, 0.1) is 17.2 Å². The van der Waals surface area contributed by atoms with Gasteiger partial charge in [0.2, 0.25) is 17.8 Å². The van der Waals surface area contributed by atoms with Crippen LogP contribution in [-0.4, -0.2) is 43.2 Å². The van der Waals surface area contributed by atoms with Crippen LogP contribution in [0.5, 0.6) is 0 Å². The Balaban J connectivity index is 1.76. The third-order valence-corrected chi connectivity index (χ3v) is 6.88. The summed E-state index contributed by atoms with van der Waals surface area (Å²) < 4.78 is 1.98. The first-order chi connectivity index (χ1) is 16.3. The molecular formula is C22H24Cl2N8O2. The van der Waals surface area contributed by atoms with E-state index in [1.165, 1.54) is 0 Å². The quantitative estimate of drug-likeness (QED) is 0.380. The molecule has 0 bridgehead atoms. The average molecular weight is 503 g/mol. The zero-order valence-electron chi connectivity index (χ0n) is 18.4. The first kappa shape index (κ1) is 24.0. The van der Waals surface area contributed by atoms with Crippen molar-refractivity contribution in [1.29, 1.82) is 5.26 Å². The topological polar surface area (TPSA) is 155 Å². The third kappa shape index (κ3) is 4.73. The number of fused-ring (bicyclic) bond motifs is 1. The van der Waals surface area contributed by atoms with Gasteiger partial charge in [0.25, 0.3) is 0 Å². The maximum absolute atomic E-state index is 11.7. The van der Waals surface area contributed by atoms with Crippen LogP contribution in [0.1, 0.15) is 44.2 Å². The number of nitrogens with one attached hydrogen (secondary N) is 2. The standard InChI is InChI=1S/C22H24Cl2N8O2/c1-11(10-33)28-21-27-9-16-20(31-21)32(14-5-2-12(3-6-14)19(26)34)22(30-16)29-15-7-4-13(8-25)17(23)18(15)24/h4,7,9,11-12,14,33H,2-3,5-6,10H2,1H3,(H2,26,34)(H,29,30)(H,27,28,31)/t11-,12-,14+/m0/s1. The number of nitrogens with two attached hydrogens (primary N) is 1. The third-order valence-electron chi connectivity index (χ3n) is 6.00. The lowest BCUT2D eigenvalue weighted by atomic mass is 9.85. The molecule has 1 amide bonds. The van der Waals surface area contributed by atoms with Gasteiger partial charge in [0.05, 0.1) is 34.1 Å². The van der Waals surface area contributed by atoms with Gasteiger partial charge in [0, 0.05) is 18.0 Å². The number of primary amides is 1. The van der Waals surface area contributed by atoms with Crippen molar-refractivity contribution < 1.29 is 9.90 Å². The summed E-state index contributed by atoms with van der Waals surface area (Å²) >= 11 is 12.7. The van der Waals surface area contributed by atoms with Gasteiger partial charge in [-0.15, -0.1) is 0 Å². The Hall–Kier alpha value is -3.13. The smallest absolute Gasteiger partial charge is 0.225 e. The van der Waals surface area contributed by atoms with E-state index in [0.717, 1.165) is 12.8 Å². The van der Waals surface area contributed by atoms with Crippen LogP contribution < -0.4 is 16.4 Å². The number of rotatable bonds is 7. The van der Waals surface area contributed by atoms with Gasteiger partial charge in [-0.2, -0.15) is 10.2 Å². The molecule has 2 heterocycles. The second kappa shape index (κ2) is 10.0. The minimum Gasteiger partial charge on any atom is -0.394 e. The molecule has 10 nitrogen and oxygen atoms in total. The zero-order chi connectivity index (χ0) is 24.4. The summed E-state index contributed by atoms with van der Waals surface area (Å²) in [5.41, 5.74) is 7.45. The Morgan fingerprint density at radius 1 is 1.29 bits per heavy atom. The number of benzene rings is 1. The summed E-state index contributed by atoms with van der Waals surface area (Å²) in [7, 11) is 0. The minimum atomic E-state index is -0.280. The number of halogens is 2. The van der Waals surface area contributed by atoms with E-state index >= 15 is 0 Å². The molecule has 0 unspecified atom stereocenters. The molecule has 2 aromatic heterocycles. The highest BCUT2D eigenvalue weighted by atomic mass is 35.5. The highest BCUT2D eigenvalue weighted by Crippen LogP contribution is 2.39. The molecule has 178 valence electrons. The largest absolute Gasteiger partial charge is 0.394 e. The van der Waals surface area contributed by atoms with Gasteiger partial charge in [-0.1, -0.05) is 23.2 Å². The van der Waals surface area contributed by atoms with Crippen molar-refractivity contribution in [2.24, 2.45) is 11.7 Å². The van der Waals surface area contributed by atoms with Gasteiger partial charge in [-0.25, -0.2) is 9.97 Å². The maximum atomic E-state index is 11.7. The number of imidazole rings is 1. The lowest BCUT2D eigenvalue weighted by Crippen LogP contribution is -2.29.